The van der Waals surface area contributed by atoms with Crippen molar-refractivity contribution in [1.29, 1.82) is 0 Å². The molecule has 180 valence electrons. The summed E-state index contributed by atoms with van der Waals surface area (Å²) in [5.74, 6) is 1.61. The predicted molar refractivity (Wildman–Crippen MR) is 118 cm³/mol. The molecule has 0 spiro atoms. The maximum absolute atomic E-state index is 14.0. The zero-order valence-corrected chi connectivity index (χ0v) is 19.4. The number of carbonyl (C=O) groups excluding carboxylic acids is 1. The van der Waals surface area contributed by atoms with E-state index in [-0.39, 0.29) is 28.4 Å². The van der Waals surface area contributed by atoms with Crippen LogP contribution in [0.5, 0.6) is 0 Å². The van der Waals surface area contributed by atoms with Crippen LogP contribution in [0, 0.1) is 24.7 Å². The molecule has 0 unspecified atom stereocenters. The van der Waals surface area contributed by atoms with Crippen molar-refractivity contribution >= 4 is 11.6 Å². The maximum Gasteiger partial charge on any atom is 0.433 e. The Morgan fingerprint density at radius 2 is 1.76 bits per heavy atom. The molecule has 3 aromatic heterocycles. The molecule has 1 amide bonds. The molecule has 7 rings (SSSR count). The monoisotopic (exact) mass is 472 g/mol. The van der Waals surface area contributed by atoms with Crippen LogP contribution in [0.4, 0.5) is 13.2 Å². The highest BCUT2D eigenvalue weighted by Crippen LogP contribution is 2.57. The molecule has 10 heteroatoms. The first-order valence-corrected chi connectivity index (χ1v) is 11.8. The topological polar surface area (TPSA) is 68.3 Å². The lowest BCUT2D eigenvalue weighted by Gasteiger charge is -2.59. The number of aromatic nitrogens is 5. The molecule has 3 aromatic rings. The summed E-state index contributed by atoms with van der Waals surface area (Å²) in [5, 5.41) is 8.20. The zero-order chi connectivity index (χ0) is 24.0. The van der Waals surface area contributed by atoms with Gasteiger partial charge in [0.25, 0.3) is 5.91 Å². The number of halogens is 3. The molecule has 0 N–H and O–H groups in total. The van der Waals surface area contributed by atoms with Crippen LogP contribution < -0.4 is 0 Å². The highest BCUT2D eigenvalue weighted by molar-refractivity contribution is 6.00. The average Bonchev–Trinajstić information content (AvgIpc) is 3.32. The molecule has 0 aromatic carbocycles. The highest BCUT2D eigenvalue weighted by atomic mass is 19.4. The fraction of sp³-hybridized carbons (Fsp3) is 0.583. The molecule has 4 bridgehead atoms. The third-order valence-electron chi connectivity index (χ3n) is 8.30. The Kier molecular flexibility index (Phi) is 4.48. The summed E-state index contributed by atoms with van der Waals surface area (Å²) in [5.41, 5.74) is 0.0198. The van der Waals surface area contributed by atoms with E-state index in [9.17, 15) is 18.0 Å². The second-order valence-electron chi connectivity index (χ2n) is 10.6. The number of alkyl halides is 3. The van der Waals surface area contributed by atoms with Crippen LogP contribution >= 0.6 is 0 Å². The van der Waals surface area contributed by atoms with E-state index in [1.54, 1.807) is 32.1 Å². The van der Waals surface area contributed by atoms with Gasteiger partial charge in [-0.05, 0) is 69.3 Å². The van der Waals surface area contributed by atoms with E-state index in [0.717, 1.165) is 29.8 Å². The fourth-order valence-electron chi connectivity index (χ4n) is 7.18. The standard InChI is InChI=1S/C24H27F3N6O/c1-13-18(12-31(2)30-13)19-7-20(24(25,26)27)33-21(29-19)17(11-28-33)22(34)32(3)23-8-14-4-15(9-23)6-16(5-14)10-23/h7,11-12,14-16H,4-6,8-10H2,1-3H3. The van der Waals surface area contributed by atoms with Crippen molar-refractivity contribution in [3.05, 3.63) is 35.4 Å². The Hall–Kier alpha value is -2.91. The second-order valence-corrected chi connectivity index (χ2v) is 10.6. The van der Waals surface area contributed by atoms with Gasteiger partial charge in [-0.2, -0.15) is 23.4 Å². The number of carbonyl (C=O) groups is 1. The summed E-state index contributed by atoms with van der Waals surface area (Å²) in [6.45, 7) is 1.72. The smallest absolute Gasteiger partial charge is 0.336 e. The number of hydrogen-bond acceptors (Lipinski definition) is 4. The largest absolute Gasteiger partial charge is 0.433 e. The molecular weight excluding hydrogens is 445 g/mol. The van der Waals surface area contributed by atoms with Gasteiger partial charge >= 0.3 is 6.18 Å². The van der Waals surface area contributed by atoms with E-state index in [4.69, 9.17) is 0 Å². The Labute approximate surface area is 194 Å². The summed E-state index contributed by atoms with van der Waals surface area (Å²) in [4.78, 5) is 20.1. The minimum absolute atomic E-state index is 0.0744. The van der Waals surface area contributed by atoms with Gasteiger partial charge < -0.3 is 4.90 Å². The first kappa shape index (κ1) is 21.6. The van der Waals surface area contributed by atoms with Crippen LogP contribution in [0.25, 0.3) is 16.9 Å². The van der Waals surface area contributed by atoms with Crippen LogP contribution in [0.15, 0.2) is 18.5 Å². The van der Waals surface area contributed by atoms with Gasteiger partial charge in [-0.25, -0.2) is 9.50 Å². The number of nitrogens with zero attached hydrogens (tertiary/aromatic N) is 6. The zero-order valence-electron chi connectivity index (χ0n) is 19.4. The summed E-state index contributed by atoms with van der Waals surface area (Å²) in [6, 6.07) is 0.973. The van der Waals surface area contributed by atoms with E-state index in [0.29, 0.717) is 29.0 Å². The maximum atomic E-state index is 14.0. The third-order valence-corrected chi connectivity index (χ3v) is 8.30. The van der Waals surface area contributed by atoms with Crippen molar-refractivity contribution in [2.75, 3.05) is 7.05 Å². The molecule has 0 saturated heterocycles. The number of fused-ring (bicyclic) bond motifs is 1. The van der Waals surface area contributed by atoms with E-state index >= 15 is 0 Å². The fourth-order valence-corrected chi connectivity index (χ4v) is 7.18. The number of rotatable bonds is 3. The lowest BCUT2D eigenvalue weighted by molar-refractivity contribution is -0.142. The summed E-state index contributed by atoms with van der Waals surface area (Å²) < 4.78 is 44.2. The number of aryl methyl sites for hydroxylation is 2. The lowest BCUT2D eigenvalue weighted by atomic mass is 9.52. The summed E-state index contributed by atoms with van der Waals surface area (Å²) in [7, 11) is 3.51. The minimum atomic E-state index is -4.66. The van der Waals surface area contributed by atoms with Gasteiger partial charge in [-0.15, -0.1) is 0 Å². The Morgan fingerprint density at radius 1 is 1.15 bits per heavy atom. The SMILES string of the molecule is Cc1nn(C)cc1-c1cc(C(F)(F)F)n2ncc(C(=O)N(C)C34CC5CC(CC(C5)C3)C4)c2n1. The van der Waals surface area contributed by atoms with E-state index in [1.807, 2.05) is 0 Å². The van der Waals surface area contributed by atoms with Crippen LogP contribution in [0.3, 0.4) is 0 Å². The van der Waals surface area contributed by atoms with Crippen molar-refractivity contribution in [1.82, 2.24) is 29.3 Å². The first-order chi connectivity index (χ1) is 16.0. The van der Waals surface area contributed by atoms with Gasteiger partial charge in [0.2, 0.25) is 0 Å². The third kappa shape index (κ3) is 3.17. The van der Waals surface area contributed by atoms with Gasteiger partial charge in [0.15, 0.2) is 11.3 Å². The van der Waals surface area contributed by atoms with Gasteiger partial charge in [-0.3, -0.25) is 9.48 Å². The molecule has 4 aliphatic carbocycles. The Morgan fingerprint density at radius 3 is 2.29 bits per heavy atom. The first-order valence-electron chi connectivity index (χ1n) is 11.8. The molecule has 0 aliphatic heterocycles. The number of amides is 1. The van der Waals surface area contributed by atoms with Crippen molar-refractivity contribution in [2.24, 2.45) is 24.8 Å². The van der Waals surface area contributed by atoms with E-state index < -0.39 is 11.9 Å². The second kappa shape index (κ2) is 7.05. The van der Waals surface area contributed by atoms with Crippen molar-refractivity contribution < 1.29 is 18.0 Å². The molecule has 4 aliphatic rings. The Bertz CT molecular complexity index is 1270. The van der Waals surface area contributed by atoms with Gasteiger partial charge in [0.1, 0.15) is 5.56 Å². The molecule has 34 heavy (non-hydrogen) atoms. The van der Waals surface area contributed by atoms with E-state index in [1.165, 1.54) is 30.1 Å². The Balaban J connectivity index is 1.45. The lowest BCUT2D eigenvalue weighted by Crippen LogP contribution is -2.60. The van der Waals surface area contributed by atoms with Crippen LogP contribution in [0.2, 0.25) is 0 Å². The van der Waals surface area contributed by atoms with Crippen LogP contribution in [-0.4, -0.2) is 47.8 Å². The van der Waals surface area contributed by atoms with Gasteiger partial charge in [0, 0.05) is 31.4 Å². The van der Waals surface area contributed by atoms with E-state index in [2.05, 4.69) is 15.2 Å². The van der Waals surface area contributed by atoms with Crippen LogP contribution in [-0.2, 0) is 13.2 Å². The average molecular weight is 473 g/mol. The highest BCUT2D eigenvalue weighted by Gasteiger charge is 2.54. The quantitative estimate of drug-likeness (QED) is 0.563. The molecule has 0 radical (unpaired) electrons. The van der Waals surface area contributed by atoms with Crippen LogP contribution in [0.1, 0.15) is 60.3 Å². The summed E-state index contributed by atoms with van der Waals surface area (Å²) in [6.07, 6.45) is 4.84. The van der Waals surface area contributed by atoms with Gasteiger partial charge in [0.05, 0.1) is 17.6 Å². The van der Waals surface area contributed by atoms with Gasteiger partial charge in [-0.1, -0.05) is 0 Å². The molecule has 4 fully saturated rings. The molecule has 0 atom stereocenters. The normalized spacial score (nSPS) is 28.1. The molecule has 3 heterocycles. The molecular formula is C24H27F3N6O. The molecule has 7 nitrogen and oxygen atoms in total. The van der Waals surface area contributed by atoms with Crippen molar-refractivity contribution in [2.45, 2.75) is 57.2 Å². The van der Waals surface area contributed by atoms with Crippen molar-refractivity contribution in [3.63, 3.8) is 0 Å². The molecule has 4 saturated carbocycles. The number of hydrogen-bond donors (Lipinski definition) is 0. The summed E-state index contributed by atoms with van der Waals surface area (Å²) >= 11 is 0. The minimum Gasteiger partial charge on any atom is -0.336 e. The predicted octanol–water partition coefficient (Wildman–Crippen LogP) is 4.50. The van der Waals surface area contributed by atoms with Crippen molar-refractivity contribution in [3.8, 4) is 11.3 Å².